The zero-order valence-corrected chi connectivity index (χ0v) is 21.5. The summed E-state index contributed by atoms with van der Waals surface area (Å²) in [4.78, 5) is 49.3. The number of rotatable bonds is 9. The molecule has 6 aliphatic rings. The normalized spacial score (nSPS) is 33.0. The summed E-state index contributed by atoms with van der Waals surface area (Å²) in [6.07, 6.45) is 11.1. The van der Waals surface area contributed by atoms with E-state index in [1.54, 1.807) is 13.8 Å². The summed E-state index contributed by atoms with van der Waals surface area (Å²) >= 11 is 0. The van der Waals surface area contributed by atoms with Crippen LogP contribution in [0.1, 0.15) is 105 Å². The van der Waals surface area contributed by atoms with Crippen LogP contribution in [0.4, 0.5) is 0 Å². The molecule has 6 aliphatic heterocycles. The zero-order valence-electron chi connectivity index (χ0n) is 21.5. The van der Waals surface area contributed by atoms with Crippen molar-refractivity contribution in [1.82, 2.24) is 0 Å². The molecule has 0 saturated carbocycles. The number of nitrogens with zero attached hydrogens (tertiary/aromatic N) is 6. The number of carbonyl (C=O) groups is 2. The third kappa shape index (κ3) is 4.89. The van der Waals surface area contributed by atoms with Gasteiger partial charge < -0.3 is 0 Å². The first-order valence-corrected chi connectivity index (χ1v) is 13.1. The Labute approximate surface area is 207 Å². The number of aliphatic imine (C=N–C) groups is 6. The topological polar surface area (TPSA) is 108 Å². The van der Waals surface area contributed by atoms with Crippen molar-refractivity contribution < 1.29 is 9.59 Å². The average Bonchev–Trinajstić information content (AvgIpc) is 2.61. The van der Waals surface area contributed by atoms with Crippen molar-refractivity contribution in [3.63, 3.8) is 0 Å². The van der Waals surface area contributed by atoms with Gasteiger partial charge in [0.2, 0.25) is 0 Å². The number of carbonyl (C=O) groups excluding carboxylic acids is 2. The third-order valence-corrected chi connectivity index (χ3v) is 7.38. The largest absolute Gasteiger partial charge is 0.300 e. The summed E-state index contributed by atoms with van der Waals surface area (Å²) in [5, 5.41) is 0. The molecule has 0 bridgehead atoms. The lowest BCUT2D eigenvalue weighted by Gasteiger charge is -2.45. The molecule has 3 spiro atoms. The first-order chi connectivity index (χ1) is 16.6. The van der Waals surface area contributed by atoms with Gasteiger partial charge in [0.25, 0.3) is 0 Å². The van der Waals surface area contributed by atoms with Crippen molar-refractivity contribution in [2.75, 3.05) is 0 Å². The first-order valence-electron chi connectivity index (χ1n) is 13.1. The summed E-state index contributed by atoms with van der Waals surface area (Å²) in [6, 6.07) is 0. The summed E-state index contributed by atoms with van der Waals surface area (Å²) < 4.78 is 0. The minimum atomic E-state index is -0.188. The predicted molar refractivity (Wildman–Crippen MR) is 141 cm³/mol. The average molecular weight is 477 g/mol. The first kappa shape index (κ1) is 24.1. The fourth-order valence-corrected chi connectivity index (χ4v) is 6.01. The van der Waals surface area contributed by atoms with Crippen LogP contribution in [-0.2, 0) is 9.59 Å². The van der Waals surface area contributed by atoms with Gasteiger partial charge in [0.1, 0.15) is 11.6 Å². The molecule has 6 rings (SSSR count). The SMILES string of the molecule is CCC1=NC2(C1)CC(CC1=NC3(CC(CC(C)=O)=N3)C1)=N2.CCCC1=NC2(C1)CC(CC(C)=O)=N2. The zero-order chi connectivity index (χ0) is 24.8. The van der Waals surface area contributed by atoms with Crippen molar-refractivity contribution in [3.8, 4) is 0 Å². The van der Waals surface area contributed by atoms with E-state index in [0.717, 1.165) is 69.2 Å². The molecule has 6 heterocycles. The minimum Gasteiger partial charge on any atom is -0.300 e. The van der Waals surface area contributed by atoms with E-state index in [1.165, 1.54) is 29.3 Å². The van der Waals surface area contributed by atoms with Crippen molar-refractivity contribution in [2.24, 2.45) is 30.0 Å². The number of hydrogen-bond acceptors (Lipinski definition) is 8. The van der Waals surface area contributed by atoms with E-state index in [9.17, 15) is 9.59 Å². The van der Waals surface area contributed by atoms with Gasteiger partial charge in [0.15, 0.2) is 17.0 Å². The maximum atomic E-state index is 11.0. The lowest BCUT2D eigenvalue weighted by atomic mass is 9.79. The molecule has 0 aromatic carbocycles. The standard InChI is InChI=1S/C16H20N4O.C11H16N2O/c1-3-11-6-15(17-11)8-13(19-15)5-14-9-16(20-14)7-12(18-16)4-10(2)21;1-3-4-9-6-11(12-9)7-10(13-11)5-8(2)14/h3-9H2,1-2H3;3-7H2,1-2H3. The highest BCUT2D eigenvalue weighted by Gasteiger charge is 2.49. The summed E-state index contributed by atoms with van der Waals surface area (Å²) in [7, 11) is 0. The maximum absolute atomic E-state index is 11.0. The fourth-order valence-electron chi connectivity index (χ4n) is 6.01. The van der Waals surface area contributed by atoms with Gasteiger partial charge in [0.05, 0.1) is 0 Å². The monoisotopic (exact) mass is 476 g/mol. The molecule has 8 nitrogen and oxygen atoms in total. The van der Waals surface area contributed by atoms with E-state index in [2.05, 4.69) is 38.8 Å². The molecule has 3 atom stereocenters. The molecule has 3 unspecified atom stereocenters. The van der Waals surface area contributed by atoms with Gasteiger partial charge in [-0.15, -0.1) is 0 Å². The van der Waals surface area contributed by atoms with Crippen molar-refractivity contribution in [3.05, 3.63) is 0 Å². The molecular weight excluding hydrogens is 440 g/mol. The van der Waals surface area contributed by atoms with E-state index in [1.807, 2.05) is 0 Å². The van der Waals surface area contributed by atoms with Gasteiger partial charge in [0, 0.05) is 92.1 Å². The van der Waals surface area contributed by atoms with Crippen molar-refractivity contribution in [1.29, 1.82) is 0 Å². The van der Waals surface area contributed by atoms with E-state index in [-0.39, 0.29) is 28.6 Å². The molecule has 0 aromatic heterocycles. The fraction of sp³-hybridized carbons (Fsp3) is 0.704. The molecule has 8 heteroatoms. The van der Waals surface area contributed by atoms with Crippen LogP contribution in [0.3, 0.4) is 0 Å². The van der Waals surface area contributed by atoms with Crippen molar-refractivity contribution >= 4 is 45.8 Å². The second-order valence-electron chi connectivity index (χ2n) is 11.1. The molecule has 0 radical (unpaired) electrons. The van der Waals surface area contributed by atoms with E-state index in [4.69, 9.17) is 4.99 Å². The third-order valence-electron chi connectivity index (χ3n) is 7.38. The highest BCUT2D eigenvalue weighted by molar-refractivity contribution is 6.13. The molecule has 186 valence electrons. The second kappa shape index (κ2) is 8.79. The Bertz CT molecular complexity index is 1160. The molecule has 35 heavy (non-hydrogen) atoms. The van der Waals surface area contributed by atoms with Crippen LogP contribution in [0, 0.1) is 0 Å². The number of hydrogen-bond donors (Lipinski definition) is 0. The lowest BCUT2D eigenvalue weighted by molar-refractivity contribution is -0.116. The Morgan fingerprint density at radius 2 is 0.943 bits per heavy atom. The second-order valence-corrected chi connectivity index (χ2v) is 11.1. The molecule has 0 N–H and O–H groups in total. The van der Waals surface area contributed by atoms with Crippen LogP contribution in [-0.4, -0.2) is 62.8 Å². The summed E-state index contributed by atoms with van der Waals surface area (Å²) in [6.45, 7) is 7.54. The van der Waals surface area contributed by atoms with Gasteiger partial charge in [-0.05, 0) is 26.7 Å². The van der Waals surface area contributed by atoms with Crippen LogP contribution in [0.5, 0.6) is 0 Å². The minimum absolute atomic E-state index is 0.0635. The molecule has 0 saturated heterocycles. The number of Topliss-reactive ketones (excluding diaryl/α,β-unsaturated/α-hetero) is 2. The Kier molecular flexibility index (Phi) is 6.04. The van der Waals surface area contributed by atoms with Crippen LogP contribution in [0.2, 0.25) is 0 Å². The maximum Gasteiger partial charge on any atom is 0.160 e. The van der Waals surface area contributed by atoms with Gasteiger partial charge >= 0.3 is 0 Å². The lowest BCUT2D eigenvalue weighted by Crippen LogP contribution is -2.50. The Hall–Kier alpha value is -2.64. The van der Waals surface area contributed by atoms with Crippen LogP contribution >= 0.6 is 0 Å². The van der Waals surface area contributed by atoms with Gasteiger partial charge in [-0.2, -0.15) is 0 Å². The smallest absolute Gasteiger partial charge is 0.160 e. The molecular formula is C27H36N6O2. The van der Waals surface area contributed by atoms with Crippen LogP contribution in [0.25, 0.3) is 0 Å². The Morgan fingerprint density at radius 3 is 1.29 bits per heavy atom. The highest BCUT2D eigenvalue weighted by atomic mass is 16.1. The van der Waals surface area contributed by atoms with Crippen LogP contribution < -0.4 is 0 Å². The Balaban J connectivity index is 0.000000158. The Morgan fingerprint density at radius 1 is 0.600 bits per heavy atom. The quantitative estimate of drug-likeness (QED) is 0.481. The predicted octanol–water partition coefficient (Wildman–Crippen LogP) is 4.69. The van der Waals surface area contributed by atoms with Crippen molar-refractivity contribution in [2.45, 2.75) is 122 Å². The van der Waals surface area contributed by atoms with E-state index >= 15 is 0 Å². The molecule has 0 fully saturated rings. The van der Waals surface area contributed by atoms with Gasteiger partial charge in [-0.3, -0.25) is 39.5 Å². The van der Waals surface area contributed by atoms with E-state index in [0.29, 0.717) is 12.8 Å². The number of ketones is 2. The van der Waals surface area contributed by atoms with Crippen LogP contribution in [0.15, 0.2) is 30.0 Å². The molecule has 0 aliphatic carbocycles. The summed E-state index contributed by atoms with van der Waals surface area (Å²) in [5.74, 6) is 0.393. The van der Waals surface area contributed by atoms with Gasteiger partial charge in [-0.1, -0.05) is 20.3 Å². The van der Waals surface area contributed by atoms with E-state index < -0.39 is 0 Å². The van der Waals surface area contributed by atoms with Gasteiger partial charge in [-0.25, -0.2) is 0 Å². The molecule has 0 aromatic rings. The summed E-state index contributed by atoms with van der Waals surface area (Å²) in [5.41, 5.74) is 6.77. The highest BCUT2D eigenvalue weighted by Crippen LogP contribution is 2.44. The molecule has 0 amide bonds.